The molecule has 7 heteroatoms. The first kappa shape index (κ1) is 12.9. The molecule has 6 nitrogen and oxygen atoms in total. The summed E-state index contributed by atoms with van der Waals surface area (Å²) in [5.74, 6) is 0.166. The SMILES string of the molecule is Cc1ncsc1C(=O)N1C2CCC1CC(n1cncn1)C2. The van der Waals surface area contributed by atoms with Crippen molar-refractivity contribution in [1.82, 2.24) is 24.6 Å². The van der Waals surface area contributed by atoms with Gasteiger partial charge in [-0.3, -0.25) is 4.79 Å². The molecule has 0 radical (unpaired) electrons. The summed E-state index contributed by atoms with van der Waals surface area (Å²) in [6, 6.07) is 1.02. The third kappa shape index (κ3) is 2.07. The molecular weight excluding hydrogens is 286 g/mol. The van der Waals surface area contributed by atoms with Gasteiger partial charge in [0.05, 0.1) is 17.2 Å². The smallest absolute Gasteiger partial charge is 0.266 e. The lowest BCUT2D eigenvalue weighted by atomic mass is 9.97. The molecule has 2 bridgehead atoms. The van der Waals surface area contributed by atoms with Crippen LogP contribution >= 0.6 is 11.3 Å². The van der Waals surface area contributed by atoms with Crippen molar-refractivity contribution in [3.8, 4) is 0 Å². The number of hydrogen-bond donors (Lipinski definition) is 0. The van der Waals surface area contributed by atoms with E-state index in [2.05, 4.69) is 20.0 Å². The van der Waals surface area contributed by atoms with E-state index < -0.39 is 0 Å². The van der Waals surface area contributed by atoms with Gasteiger partial charge in [-0.1, -0.05) is 0 Å². The molecule has 2 aromatic rings. The Morgan fingerprint density at radius 1 is 1.29 bits per heavy atom. The van der Waals surface area contributed by atoms with Crippen molar-refractivity contribution in [1.29, 1.82) is 0 Å². The average molecular weight is 303 g/mol. The maximum absolute atomic E-state index is 12.8. The van der Waals surface area contributed by atoms with Crippen LogP contribution in [0.1, 0.15) is 47.1 Å². The van der Waals surface area contributed by atoms with Gasteiger partial charge < -0.3 is 4.90 Å². The molecule has 2 unspecified atom stereocenters. The molecule has 0 N–H and O–H groups in total. The Labute approximate surface area is 126 Å². The lowest BCUT2D eigenvalue weighted by molar-refractivity contribution is 0.0528. The molecule has 2 aromatic heterocycles. The molecule has 21 heavy (non-hydrogen) atoms. The molecule has 0 spiro atoms. The lowest BCUT2D eigenvalue weighted by Crippen LogP contribution is -2.47. The van der Waals surface area contributed by atoms with Gasteiger partial charge in [0.15, 0.2) is 0 Å². The summed E-state index contributed by atoms with van der Waals surface area (Å²) in [4.78, 5) is 23.9. The Morgan fingerprint density at radius 2 is 2.05 bits per heavy atom. The van der Waals surface area contributed by atoms with Crippen LogP contribution in [0.5, 0.6) is 0 Å². The summed E-state index contributed by atoms with van der Waals surface area (Å²) < 4.78 is 1.95. The van der Waals surface area contributed by atoms with E-state index in [1.54, 1.807) is 18.2 Å². The van der Waals surface area contributed by atoms with Crippen molar-refractivity contribution in [2.45, 2.75) is 50.7 Å². The van der Waals surface area contributed by atoms with Crippen molar-refractivity contribution in [3.63, 3.8) is 0 Å². The second kappa shape index (κ2) is 4.91. The number of rotatable bonds is 2. The maximum Gasteiger partial charge on any atom is 0.266 e. The maximum atomic E-state index is 12.8. The first-order chi connectivity index (χ1) is 10.2. The van der Waals surface area contributed by atoms with Gasteiger partial charge in [-0.2, -0.15) is 5.10 Å². The monoisotopic (exact) mass is 303 g/mol. The number of fused-ring (bicyclic) bond motifs is 2. The highest BCUT2D eigenvalue weighted by Crippen LogP contribution is 2.41. The van der Waals surface area contributed by atoms with Gasteiger partial charge in [0.2, 0.25) is 0 Å². The Morgan fingerprint density at radius 3 is 2.62 bits per heavy atom. The fourth-order valence-corrected chi connectivity index (χ4v) is 4.47. The number of aryl methyl sites for hydroxylation is 1. The molecule has 0 saturated carbocycles. The van der Waals surface area contributed by atoms with Gasteiger partial charge in [0, 0.05) is 12.1 Å². The van der Waals surface area contributed by atoms with E-state index in [0.717, 1.165) is 36.3 Å². The van der Waals surface area contributed by atoms with Crippen LogP contribution in [0, 0.1) is 6.92 Å². The van der Waals surface area contributed by atoms with Gasteiger partial charge in [-0.15, -0.1) is 11.3 Å². The van der Waals surface area contributed by atoms with Crippen LogP contribution in [0.15, 0.2) is 18.2 Å². The number of carbonyl (C=O) groups is 1. The zero-order chi connectivity index (χ0) is 14.4. The highest BCUT2D eigenvalue weighted by atomic mass is 32.1. The average Bonchev–Trinajstić information content (AvgIpc) is 3.19. The van der Waals surface area contributed by atoms with Crippen molar-refractivity contribution >= 4 is 17.2 Å². The van der Waals surface area contributed by atoms with Crippen molar-refractivity contribution < 1.29 is 4.79 Å². The van der Waals surface area contributed by atoms with E-state index in [9.17, 15) is 4.79 Å². The molecule has 2 saturated heterocycles. The third-order valence-corrected chi connectivity index (χ3v) is 5.61. The summed E-state index contributed by atoms with van der Waals surface area (Å²) in [5.41, 5.74) is 2.61. The quantitative estimate of drug-likeness (QED) is 0.852. The topological polar surface area (TPSA) is 63.9 Å². The molecule has 2 fully saturated rings. The first-order valence-electron chi connectivity index (χ1n) is 7.31. The molecular formula is C14H17N5OS. The molecule has 2 atom stereocenters. The predicted octanol–water partition coefficient (Wildman–Crippen LogP) is 2.05. The second-order valence-electron chi connectivity index (χ2n) is 5.87. The van der Waals surface area contributed by atoms with Crippen LogP contribution < -0.4 is 0 Å². The van der Waals surface area contributed by atoms with Crippen molar-refractivity contribution in [2.24, 2.45) is 0 Å². The molecule has 110 valence electrons. The highest BCUT2D eigenvalue weighted by Gasteiger charge is 2.44. The van der Waals surface area contributed by atoms with Crippen molar-refractivity contribution in [3.05, 3.63) is 28.7 Å². The minimum Gasteiger partial charge on any atom is -0.332 e. The summed E-state index contributed by atoms with van der Waals surface area (Å²) >= 11 is 1.45. The standard InChI is InChI=1S/C14H17N5OS/c1-9-13(21-8-16-9)14(20)19-10-2-3-11(19)5-12(4-10)18-7-15-6-17-18/h6-8,10-12H,2-5H2,1H3. The second-order valence-corrected chi connectivity index (χ2v) is 6.72. The molecule has 0 aliphatic carbocycles. The zero-order valence-corrected chi connectivity index (χ0v) is 12.7. The number of piperidine rings is 1. The third-order valence-electron chi connectivity index (χ3n) is 4.69. The summed E-state index contributed by atoms with van der Waals surface area (Å²) in [6.07, 6.45) is 7.51. The van der Waals surface area contributed by atoms with Crippen LogP contribution in [0.2, 0.25) is 0 Å². The number of carbonyl (C=O) groups excluding carboxylic acids is 1. The number of amides is 1. The lowest BCUT2D eigenvalue weighted by Gasteiger charge is -2.38. The molecule has 1 amide bonds. The van der Waals surface area contributed by atoms with E-state index in [0.29, 0.717) is 18.1 Å². The number of nitrogens with zero attached hydrogens (tertiary/aromatic N) is 5. The van der Waals surface area contributed by atoms with E-state index >= 15 is 0 Å². The van der Waals surface area contributed by atoms with Crippen LogP contribution in [0.4, 0.5) is 0 Å². The van der Waals surface area contributed by atoms with E-state index in [-0.39, 0.29) is 5.91 Å². The normalized spacial score (nSPS) is 28.0. The van der Waals surface area contributed by atoms with Crippen molar-refractivity contribution in [2.75, 3.05) is 0 Å². The zero-order valence-electron chi connectivity index (χ0n) is 11.8. The Hall–Kier alpha value is -1.76. The van der Waals surface area contributed by atoms with Gasteiger partial charge >= 0.3 is 0 Å². The Bertz CT molecular complexity index is 638. The molecule has 4 rings (SSSR count). The van der Waals surface area contributed by atoms with Crippen LogP contribution in [0.25, 0.3) is 0 Å². The molecule has 2 aliphatic rings. The number of hydrogen-bond acceptors (Lipinski definition) is 5. The molecule has 4 heterocycles. The Balaban J connectivity index is 1.57. The fourth-order valence-electron chi connectivity index (χ4n) is 3.73. The Kier molecular flexibility index (Phi) is 3.02. The van der Waals surface area contributed by atoms with E-state index in [1.165, 1.54) is 11.3 Å². The summed E-state index contributed by atoms with van der Waals surface area (Å²) in [6.45, 7) is 1.91. The van der Waals surface area contributed by atoms with E-state index in [4.69, 9.17) is 0 Å². The van der Waals surface area contributed by atoms with Gasteiger partial charge in [-0.25, -0.2) is 14.6 Å². The van der Waals surface area contributed by atoms with E-state index in [1.807, 2.05) is 11.6 Å². The number of aromatic nitrogens is 4. The first-order valence-corrected chi connectivity index (χ1v) is 8.19. The van der Waals surface area contributed by atoms with Gasteiger partial charge in [0.25, 0.3) is 5.91 Å². The van der Waals surface area contributed by atoms with Gasteiger partial charge in [-0.05, 0) is 32.6 Å². The largest absolute Gasteiger partial charge is 0.332 e. The van der Waals surface area contributed by atoms with Gasteiger partial charge in [0.1, 0.15) is 17.5 Å². The minimum atomic E-state index is 0.166. The summed E-state index contributed by atoms with van der Waals surface area (Å²) in [7, 11) is 0. The minimum absolute atomic E-state index is 0.166. The predicted molar refractivity (Wildman–Crippen MR) is 78.1 cm³/mol. The van der Waals surface area contributed by atoms with Crippen LogP contribution in [0.3, 0.4) is 0 Å². The summed E-state index contributed by atoms with van der Waals surface area (Å²) in [5, 5.41) is 4.26. The molecule has 0 aromatic carbocycles. The highest BCUT2D eigenvalue weighted by molar-refractivity contribution is 7.11. The van der Waals surface area contributed by atoms with Crippen LogP contribution in [-0.2, 0) is 0 Å². The number of thiazole rings is 1. The van der Waals surface area contributed by atoms with Crippen LogP contribution in [-0.4, -0.2) is 42.6 Å². The molecule has 2 aliphatic heterocycles. The fraction of sp³-hybridized carbons (Fsp3) is 0.571.